The molecule has 3 N–H and O–H groups in total. The van der Waals surface area contributed by atoms with Crippen molar-refractivity contribution in [3.8, 4) is 23.3 Å². The first-order valence-electron chi connectivity index (χ1n) is 7.15. The molecule has 0 saturated heterocycles. The van der Waals surface area contributed by atoms with E-state index in [9.17, 15) is 15.0 Å². The summed E-state index contributed by atoms with van der Waals surface area (Å²) in [7, 11) is 1.40. The lowest BCUT2D eigenvalue weighted by Crippen LogP contribution is -2.19. The van der Waals surface area contributed by atoms with Crippen molar-refractivity contribution >= 4 is 18.2 Å². The van der Waals surface area contributed by atoms with Crippen molar-refractivity contribution in [2.24, 2.45) is 5.10 Å². The van der Waals surface area contributed by atoms with Gasteiger partial charge in [0.05, 0.1) is 13.3 Å². The number of hydrogen-bond acceptors (Lipinski definition) is 6. The Morgan fingerprint density at radius 1 is 1.24 bits per heavy atom. The summed E-state index contributed by atoms with van der Waals surface area (Å²) in [5.74, 6) is -0.507. The summed E-state index contributed by atoms with van der Waals surface area (Å²) in [6.07, 6.45) is 2.61. The second kappa shape index (κ2) is 8.17. The number of para-hydroxylation sites is 1. The summed E-state index contributed by atoms with van der Waals surface area (Å²) in [5.41, 5.74) is 2.97. The monoisotopic (exact) mass is 337 g/mol. The van der Waals surface area contributed by atoms with Gasteiger partial charge in [-0.1, -0.05) is 18.2 Å². The molecule has 0 fully saturated rings. The SMILES string of the molecule is COc1cc(C=C(C#N)C(=O)N/N=C/c2ccccc2O)ccc1O. The van der Waals surface area contributed by atoms with Crippen LogP contribution < -0.4 is 10.2 Å². The molecule has 0 aromatic heterocycles. The third-order valence-corrected chi connectivity index (χ3v) is 3.19. The lowest BCUT2D eigenvalue weighted by Gasteiger charge is -2.04. The van der Waals surface area contributed by atoms with E-state index < -0.39 is 5.91 Å². The molecule has 0 aliphatic rings. The van der Waals surface area contributed by atoms with E-state index >= 15 is 0 Å². The zero-order chi connectivity index (χ0) is 18.2. The van der Waals surface area contributed by atoms with Crippen LogP contribution in [0.2, 0.25) is 0 Å². The van der Waals surface area contributed by atoms with Gasteiger partial charge in [-0.2, -0.15) is 10.4 Å². The fourth-order valence-corrected chi connectivity index (χ4v) is 1.92. The Morgan fingerprint density at radius 2 is 2.00 bits per heavy atom. The number of methoxy groups -OCH3 is 1. The average Bonchev–Trinajstić information content (AvgIpc) is 2.62. The van der Waals surface area contributed by atoms with Crippen LogP contribution in [0.15, 0.2) is 53.1 Å². The standard InChI is InChI=1S/C18H15N3O4/c1-25-17-9-12(6-7-16(17)23)8-14(10-19)18(24)21-20-11-13-4-2-3-5-15(13)22/h2-9,11,22-23H,1H3,(H,21,24)/b14-8?,20-11+. The van der Waals surface area contributed by atoms with Crippen LogP contribution >= 0.6 is 0 Å². The van der Waals surface area contributed by atoms with E-state index in [2.05, 4.69) is 10.5 Å². The number of carbonyl (C=O) groups is 1. The Kier molecular flexibility index (Phi) is 5.74. The number of nitriles is 1. The number of carbonyl (C=O) groups excluding carboxylic acids is 1. The second-order valence-corrected chi connectivity index (χ2v) is 4.86. The van der Waals surface area contributed by atoms with Crippen LogP contribution in [0.1, 0.15) is 11.1 Å². The number of amides is 1. The molecule has 0 atom stereocenters. The summed E-state index contributed by atoms with van der Waals surface area (Å²) in [6, 6.07) is 12.7. The number of rotatable bonds is 5. The molecule has 2 aromatic rings. The molecule has 0 unspecified atom stereocenters. The van der Waals surface area contributed by atoms with E-state index in [4.69, 9.17) is 10.00 Å². The highest BCUT2D eigenvalue weighted by atomic mass is 16.5. The van der Waals surface area contributed by atoms with Gasteiger partial charge in [0.1, 0.15) is 17.4 Å². The van der Waals surface area contributed by atoms with Crippen LogP contribution in [0.3, 0.4) is 0 Å². The third-order valence-electron chi connectivity index (χ3n) is 3.19. The molecular weight excluding hydrogens is 322 g/mol. The van der Waals surface area contributed by atoms with Crippen molar-refractivity contribution in [1.29, 1.82) is 5.26 Å². The molecule has 0 aliphatic carbocycles. The second-order valence-electron chi connectivity index (χ2n) is 4.86. The molecule has 0 saturated carbocycles. The van der Waals surface area contributed by atoms with Gasteiger partial charge in [0, 0.05) is 5.56 Å². The average molecular weight is 337 g/mol. The van der Waals surface area contributed by atoms with Crippen LogP contribution in [-0.2, 0) is 4.79 Å². The van der Waals surface area contributed by atoms with E-state index in [0.717, 1.165) is 0 Å². The molecule has 2 aromatic carbocycles. The number of nitrogens with one attached hydrogen (secondary N) is 1. The molecule has 1 amide bonds. The first-order valence-corrected chi connectivity index (χ1v) is 7.15. The molecule has 0 radical (unpaired) electrons. The van der Waals surface area contributed by atoms with E-state index in [-0.39, 0.29) is 22.8 Å². The van der Waals surface area contributed by atoms with E-state index in [1.165, 1.54) is 43.7 Å². The van der Waals surface area contributed by atoms with E-state index in [1.807, 2.05) is 0 Å². The largest absolute Gasteiger partial charge is 0.507 e. The van der Waals surface area contributed by atoms with Gasteiger partial charge in [0.25, 0.3) is 5.91 Å². The van der Waals surface area contributed by atoms with Gasteiger partial charge >= 0.3 is 0 Å². The minimum Gasteiger partial charge on any atom is -0.507 e. The molecule has 7 heteroatoms. The van der Waals surface area contributed by atoms with Crippen LogP contribution in [0.5, 0.6) is 17.2 Å². The number of hydrogen-bond donors (Lipinski definition) is 3. The maximum atomic E-state index is 12.0. The van der Waals surface area contributed by atoms with Crippen molar-refractivity contribution in [2.45, 2.75) is 0 Å². The molecule has 0 heterocycles. The zero-order valence-electron chi connectivity index (χ0n) is 13.3. The first-order chi connectivity index (χ1) is 12.0. The number of benzene rings is 2. The lowest BCUT2D eigenvalue weighted by molar-refractivity contribution is -0.117. The minimum atomic E-state index is -0.707. The van der Waals surface area contributed by atoms with Crippen LogP contribution in [-0.4, -0.2) is 29.4 Å². The van der Waals surface area contributed by atoms with E-state index in [1.54, 1.807) is 24.3 Å². The summed E-state index contributed by atoms with van der Waals surface area (Å²) in [4.78, 5) is 12.0. The van der Waals surface area contributed by atoms with Gasteiger partial charge in [-0.3, -0.25) is 4.79 Å². The van der Waals surface area contributed by atoms with Crippen LogP contribution in [0, 0.1) is 11.3 Å². The third kappa shape index (κ3) is 4.59. The Hall–Kier alpha value is -3.79. The normalized spacial score (nSPS) is 11.1. The molecule has 0 spiro atoms. The summed E-state index contributed by atoms with van der Waals surface area (Å²) in [6.45, 7) is 0. The van der Waals surface area contributed by atoms with Gasteiger partial charge in [0.2, 0.25) is 0 Å². The first kappa shape index (κ1) is 17.6. The maximum absolute atomic E-state index is 12.0. The predicted octanol–water partition coefficient (Wildman–Crippen LogP) is 2.16. The highest BCUT2D eigenvalue weighted by Gasteiger charge is 2.09. The highest BCUT2D eigenvalue weighted by Crippen LogP contribution is 2.27. The molecular formula is C18H15N3O4. The quantitative estimate of drug-likeness (QED) is 0.335. The molecule has 2 rings (SSSR count). The smallest absolute Gasteiger partial charge is 0.282 e. The summed E-state index contributed by atoms with van der Waals surface area (Å²) >= 11 is 0. The van der Waals surface area contributed by atoms with Gasteiger partial charge < -0.3 is 14.9 Å². The van der Waals surface area contributed by atoms with Crippen LogP contribution in [0.25, 0.3) is 6.08 Å². The van der Waals surface area contributed by atoms with Gasteiger partial charge in [-0.25, -0.2) is 5.43 Å². The fourth-order valence-electron chi connectivity index (χ4n) is 1.92. The van der Waals surface area contributed by atoms with Crippen molar-refractivity contribution in [2.75, 3.05) is 7.11 Å². The highest BCUT2D eigenvalue weighted by molar-refractivity contribution is 6.02. The number of aromatic hydroxyl groups is 2. The van der Waals surface area contributed by atoms with Gasteiger partial charge in [-0.15, -0.1) is 0 Å². The Labute approximate surface area is 144 Å². The predicted molar refractivity (Wildman–Crippen MR) is 92.1 cm³/mol. The number of nitrogens with zero attached hydrogens (tertiary/aromatic N) is 2. The fraction of sp³-hybridized carbons (Fsp3) is 0.0556. The van der Waals surface area contributed by atoms with Crippen LogP contribution in [0.4, 0.5) is 0 Å². The van der Waals surface area contributed by atoms with Crippen molar-refractivity contribution < 1.29 is 19.7 Å². The Morgan fingerprint density at radius 3 is 2.68 bits per heavy atom. The van der Waals surface area contributed by atoms with Crippen molar-refractivity contribution in [3.05, 3.63) is 59.2 Å². The van der Waals surface area contributed by atoms with Crippen molar-refractivity contribution in [3.63, 3.8) is 0 Å². The number of hydrazone groups is 1. The zero-order valence-corrected chi connectivity index (χ0v) is 13.3. The van der Waals surface area contributed by atoms with Gasteiger partial charge in [0.15, 0.2) is 11.5 Å². The summed E-state index contributed by atoms with van der Waals surface area (Å²) in [5, 5.41) is 32.0. The molecule has 126 valence electrons. The lowest BCUT2D eigenvalue weighted by atomic mass is 10.1. The molecule has 0 aliphatic heterocycles. The number of phenolic OH excluding ortho intramolecular Hbond substituents is 2. The minimum absolute atomic E-state index is 0.0211. The summed E-state index contributed by atoms with van der Waals surface area (Å²) < 4.78 is 4.98. The van der Waals surface area contributed by atoms with Gasteiger partial charge in [-0.05, 0) is 35.9 Å². The maximum Gasteiger partial charge on any atom is 0.282 e. The number of phenols is 2. The molecule has 0 bridgehead atoms. The Balaban J connectivity index is 2.13. The number of ether oxygens (including phenoxy) is 1. The molecule has 7 nitrogen and oxygen atoms in total. The Bertz CT molecular complexity index is 882. The van der Waals surface area contributed by atoms with Crippen molar-refractivity contribution in [1.82, 2.24) is 5.43 Å². The molecule has 25 heavy (non-hydrogen) atoms. The van der Waals surface area contributed by atoms with E-state index in [0.29, 0.717) is 11.1 Å². The topological polar surface area (TPSA) is 115 Å².